The van der Waals surface area contributed by atoms with E-state index < -0.39 is 0 Å². The highest BCUT2D eigenvalue weighted by atomic mass is 16.5. The molecule has 3 nitrogen and oxygen atoms in total. The molecule has 0 spiro atoms. The summed E-state index contributed by atoms with van der Waals surface area (Å²) in [5.41, 5.74) is 0. The van der Waals surface area contributed by atoms with E-state index in [0.29, 0.717) is 12.7 Å². The maximum atomic E-state index is 8.66. The number of unbranched alkanes of at least 4 members (excludes halogenated alkanes) is 1. The second-order valence-electron chi connectivity index (χ2n) is 3.77. The van der Waals surface area contributed by atoms with Crippen LogP contribution in [0.15, 0.2) is 0 Å². The number of aliphatic hydroxyl groups excluding tert-OH is 1. The molecule has 13 heavy (non-hydrogen) atoms. The molecule has 1 aliphatic rings. The fraction of sp³-hybridized carbons (Fsp3) is 1.00. The molecule has 1 saturated heterocycles. The summed E-state index contributed by atoms with van der Waals surface area (Å²) in [5.74, 6) is 0. The molecule has 0 aromatic rings. The summed E-state index contributed by atoms with van der Waals surface area (Å²) in [6, 6.07) is 0. The summed E-state index contributed by atoms with van der Waals surface area (Å²) >= 11 is 0. The first-order valence-electron chi connectivity index (χ1n) is 5.27. The number of aliphatic hydroxyl groups is 1. The monoisotopic (exact) mass is 187 g/mol. The lowest BCUT2D eigenvalue weighted by Gasteiger charge is -2.21. The average Bonchev–Trinajstić information content (AvgIpc) is 2.31. The third-order valence-corrected chi connectivity index (χ3v) is 2.42. The molecule has 0 radical (unpaired) electrons. The average molecular weight is 187 g/mol. The van der Waals surface area contributed by atoms with Crippen molar-refractivity contribution in [2.24, 2.45) is 0 Å². The van der Waals surface area contributed by atoms with E-state index >= 15 is 0 Å². The molecule has 0 saturated carbocycles. The normalized spacial score (nSPS) is 25.8. The predicted molar refractivity (Wildman–Crippen MR) is 52.8 cm³/mol. The Morgan fingerprint density at radius 2 is 2.31 bits per heavy atom. The maximum absolute atomic E-state index is 8.66. The highest BCUT2D eigenvalue weighted by molar-refractivity contribution is 4.66. The molecule has 1 unspecified atom stereocenters. The molecule has 1 atom stereocenters. The predicted octanol–water partition coefficient (Wildman–Crippen LogP) is 0.870. The van der Waals surface area contributed by atoms with Gasteiger partial charge in [-0.15, -0.1) is 0 Å². The smallest absolute Gasteiger partial charge is 0.0673 e. The van der Waals surface area contributed by atoms with Crippen LogP contribution in [0.25, 0.3) is 0 Å². The van der Waals surface area contributed by atoms with Crippen molar-refractivity contribution in [3.05, 3.63) is 0 Å². The number of ether oxygens (including phenoxy) is 1. The molecule has 0 bridgehead atoms. The van der Waals surface area contributed by atoms with Crippen molar-refractivity contribution in [3.8, 4) is 0 Å². The third kappa shape index (κ3) is 4.60. The van der Waals surface area contributed by atoms with Gasteiger partial charge in [0.2, 0.25) is 0 Å². The van der Waals surface area contributed by atoms with Crippen molar-refractivity contribution in [2.75, 3.05) is 32.8 Å². The Hall–Kier alpha value is -0.120. The van der Waals surface area contributed by atoms with Gasteiger partial charge in [0.05, 0.1) is 6.10 Å². The van der Waals surface area contributed by atoms with Gasteiger partial charge in [-0.3, -0.25) is 0 Å². The third-order valence-electron chi connectivity index (χ3n) is 2.42. The van der Waals surface area contributed by atoms with Crippen LogP contribution in [-0.2, 0) is 4.74 Å². The first-order chi connectivity index (χ1) is 6.33. The Labute approximate surface area is 80.7 Å². The van der Waals surface area contributed by atoms with E-state index in [1.54, 1.807) is 0 Å². The van der Waals surface area contributed by atoms with Crippen LogP contribution in [0.3, 0.4) is 0 Å². The molecule has 1 aliphatic heterocycles. The van der Waals surface area contributed by atoms with Crippen LogP contribution >= 0.6 is 0 Å². The molecule has 0 amide bonds. The van der Waals surface area contributed by atoms with E-state index in [0.717, 1.165) is 45.5 Å². The van der Waals surface area contributed by atoms with Crippen molar-refractivity contribution in [2.45, 2.75) is 32.3 Å². The van der Waals surface area contributed by atoms with E-state index in [1.807, 2.05) is 0 Å². The Bertz CT molecular complexity index is 130. The number of hydrogen-bond acceptors (Lipinski definition) is 3. The molecule has 3 heteroatoms. The highest BCUT2D eigenvalue weighted by Gasteiger charge is 2.13. The molecule has 1 heterocycles. The van der Waals surface area contributed by atoms with Crippen molar-refractivity contribution < 1.29 is 9.84 Å². The van der Waals surface area contributed by atoms with Crippen LogP contribution in [0.5, 0.6) is 0 Å². The van der Waals surface area contributed by atoms with Gasteiger partial charge in [0.25, 0.3) is 0 Å². The molecular weight excluding hydrogens is 166 g/mol. The van der Waals surface area contributed by atoms with Gasteiger partial charge in [0.15, 0.2) is 0 Å². The lowest BCUT2D eigenvalue weighted by Crippen LogP contribution is -2.31. The van der Waals surface area contributed by atoms with Crippen LogP contribution in [-0.4, -0.2) is 49.0 Å². The molecule has 1 rings (SSSR count). The summed E-state index contributed by atoms with van der Waals surface area (Å²) in [4.78, 5) is 2.44. The van der Waals surface area contributed by atoms with Crippen LogP contribution in [0, 0.1) is 0 Å². The first-order valence-corrected chi connectivity index (χ1v) is 5.27. The minimum absolute atomic E-state index is 0.319. The summed E-state index contributed by atoms with van der Waals surface area (Å²) in [5, 5.41) is 8.66. The standard InChI is InChI=1S/C10H21NO2/c1-10-9-11(5-2-3-7-12)6-4-8-13-10/h10,12H,2-9H2,1H3. The van der Waals surface area contributed by atoms with Gasteiger partial charge in [-0.1, -0.05) is 0 Å². The van der Waals surface area contributed by atoms with E-state index in [9.17, 15) is 0 Å². The summed E-state index contributed by atoms with van der Waals surface area (Å²) in [7, 11) is 0. The zero-order valence-electron chi connectivity index (χ0n) is 8.54. The zero-order chi connectivity index (χ0) is 9.52. The molecule has 78 valence electrons. The highest BCUT2D eigenvalue weighted by Crippen LogP contribution is 2.06. The SMILES string of the molecule is CC1CN(CCCCO)CCCO1. The Kier molecular flexibility index (Phi) is 5.35. The van der Waals surface area contributed by atoms with Gasteiger partial charge >= 0.3 is 0 Å². The van der Waals surface area contributed by atoms with Gasteiger partial charge < -0.3 is 14.7 Å². The molecule has 1 N–H and O–H groups in total. The van der Waals surface area contributed by atoms with E-state index in [-0.39, 0.29) is 0 Å². The van der Waals surface area contributed by atoms with Crippen LogP contribution in [0.1, 0.15) is 26.2 Å². The lowest BCUT2D eigenvalue weighted by molar-refractivity contribution is 0.0674. The number of hydrogen-bond donors (Lipinski definition) is 1. The second-order valence-corrected chi connectivity index (χ2v) is 3.77. The number of rotatable bonds is 4. The van der Waals surface area contributed by atoms with Crippen molar-refractivity contribution in [1.82, 2.24) is 4.90 Å². The Morgan fingerprint density at radius 1 is 1.46 bits per heavy atom. The van der Waals surface area contributed by atoms with Gasteiger partial charge in [-0.05, 0) is 32.7 Å². The van der Waals surface area contributed by atoms with Crippen molar-refractivity contribution in [1.29, 1.82) is 0 Å². The lowest BCUT2D eigenvalue weighted by atomic mass is 10.2. The van der Waals surface area contributed by atoms with Crippen LogP contribution in [0.2, 0.25) is 0 Å². The second kappa shape index (κ2) is 6.35. The van der Waals surface area contributed by atoms with Gasteiger partial charge in [0.1, 0.15) is 0 Å². The van der Waals surface area contributed by atoms with Crippen molar-refractivity contribution in [3.63, 3.8) is 0 Å². The van der Waals surface area contributed by atoms with E-state index in [4.69, 9.17) is 9.84 Å². The van der Waals surface area contributed by atoms with Crippen LogP contribution < -0.4 is 0 Å². The minimum Gasteiger partial charge on any atom is -0.396 e. The van der Waals surface area contributed by atoms with Gasteiger partial charge in [-0.2, -0.15) is 0 Å². The first kappa shape index (κ1) is 11.0. The summed E-state index contributed by atoms with van der Waals surface area (Å²) < 4.78 is 5.55. The molecule has 0 aliphatic carbocycles. The van der Waals surface area contributed by atoms with E-state index in [1.165, 1.54) is 0 Å². The largest absolute Gasteiger partial charge is 0.396 e. The maximum Gasteiger partial charge on any atom is 0.0673 e. The minimum atomic E-state index is 0.319. The van der Waals surface area contributed by atoms with Crippen LogP contribution in [0.4, 0.5) is 0 Å². The van der Waals surface area contributed by atoms with Gasteiger partial charge in [-0.25, -0.2) is 0 Å². The van der Waals surface area contributed by atoms with Gasteiger partial charge in [0, 0.05) is 26.3 Å². The topological polar surface area (TPSA) is 32.7 Å². The Morgan fingerprint density at radius 3 is 3.08 bits per heavy atom. The fourth-order valence-electron chi connectivity index (χ4n) is 1.73. The molecule has 0 aromatic heterocycles. The van der Waals surface area contributed by atoms with E-state index in [2.05, 4.69) is 11.8 Å². The molecule has 1 fully saturated rings. The van der Waals surface area contributed by atoms with Crippen molar-refractivity contribution >= 4 is 0 Å². The summed E-state index contributed by atoms with van der Waals surface area (Å²) in [6.07, 6.45) is 3.54. The summed E-state index contributed by atoms with van der Waals surface area (Å²) in [6.45, 7) is 6.65. The molecular formula is C10H21NO2. The zero-order valence-corrected chi connectivity index (χ0v) is 8.54. The number of nitrogens with zero attached hydrogens (tertiary/aromatic N) is 1. The molecule has 0 aromatic carbocycles. The quantitative estimate of drug-likeness (QED) is 0.663. The fourth-order valence-corrected chi connectivity index (χ4v) is 1.73. The Balaban J connectivity index is 2.15.